The van der Waals surface area contributed by atoms with Crippen molar-refractivity contribution in [2.45, 2.75) is 50.5 Å². The summed E-state index contributed by atoms with van der Waals surface area (Å²) in [4.78, 5) is 35.8. The fourth-order valence-electron chi connectivity index (χ4n) is 3.09. The Kier molecular flexibility index (Phi) is 9.53. The molecule has 4 amide bonds. The minimum absolute atomic E-state index is 0.0852. The molecule has 0 spiro atoms. The largest absolute Gasteiger partial charge is 0.471 e. The molecule has 1 aliphatic rings. The van der Waals surface area contributed by atoms with E-state index in [0.29, 0.717) is 11.5 Å². The predicted octanol–water partition coefficient (Wildman–Crippen LogP) is 1.76. The molecule has 1 fully saturated rings. The van der Waals surface area contributed by atoms with Gasteiger partial charge in [-0.15, -0.1) is 0 Å². The van der Waals surface area contributed by atoms with E-state index in [1.165, 1.54) is 0 Å². The second-order valence-corrected chi connectivity index (χ2v) is 9.81. The molecule has 1 aliphatic carbocycles. The maximum absolute atomic E-state index is 14.0. The van der Waals surface area contributed by atoms with Gasteiger partial charge in [0.2, 0.25) is 11.8 Å². The van der Waals surface area contributed by atoms with Gasteiger partial charge in [0, 0.05) is 23.5 Å². The monoisotopic (exact) mass is 591 g/mol. The Balaban J connectivity index is 1.51. The summed E-state index contributed by atoms with van der Waals surface area (Å²) in [7, 11) is 0. The number of amides is 4. The molecule has 0 radical (unpaired) electrons. The first-order valence-electron chi connectivity index (χ1n) is 10.8. The first-order chi connectivity index (χ1) is 17.0. The second kappa shape index (κ2) is 12.4. The van der Waals surface area contributed by atoms with Gasteiger partial charge in [0.1, 0.15) is 28.8 Å². The molecule has 2 atom stereocenters. The van der Waals surface area contributed by atoms with Crippen molar-refractivity contribution in [1.82, 2.24) is 15.0 Å². The molecule has 0 saturated heterocycles. The summed E-state index contributed by atoms with van der Waals surface area (Å²) >= 11 is 3.62. The number of nitrogens with zero attached hydrogens (tertiary/aromatic N) is 1. The highest BCUT2D eigenvalue weighted by molar-refractivity contribution is 9.10. The van der Waals surface area contributed by atoms with Crippen molar-refractivity contribution in [3.63, 3.8) is 0 Å². The molecule has 0 aliphatic heterocycles. The Hall–Kier alpha value is -2.88. The van der Waals surface area contributed by atoms with E-state index in [2.05, 4.69) is 36.3 Å². The van der Waals surface area contributed by atoms with E-state index < -0.39 is 48.0 Å². The zero-order chi connectivity index (χ0) is 26.4. The van der Waals surface area contributed by atoms with Gasteiger partial charge in [-0.3, -0.25) is 14.9 Å². The summed E-state index contributed by atoms with van der Waals surface area (Å²) in [5.74, 6) is -3.38. The van der Waals surface area contributed by atoms with Crippen LogP contribution in [0.5, 0.6) is 5.88 Å². The van der Waals surface area contributed by atoms with Gasteiger partial charge in [0.15, 0.2) is 0 Å². The molecule has 36 heavy (non-hydrogen) atoms. The number of hydrogen-bond acceptors (Lipinski definition) is 8. The summed E-state index contributed by atoms with van der Waals surface area (Å²) in [6.45, 7) is -0.850. The fraction of sp³-hybridized carbons (Fsp3) is 0.429. The molecule has 1 aromatic heterocycles. The number of ether oxygens (including phenoxy) is 1. The van der Waals surface area contributed by atoms with Crippen LogP contribution >= 0.6 is 27.5 Å². The molecule has 7 N–H and O–H groups in total. The highest BCUT2D eigenvalue weighted by Gasteiger charge is 2.26. The van der Waals surface area contributed by atoms with Crippen LogP contribution < -0.4 is 26.4 Å². The van der Waals surface area contributed by atoms with Crippen molar-refractivity contribution in [2.24, 2.45) is 5.73 Å². The van der Waals surface area contributed by atoms with Gasteiger partial charge in [0.05, 0.1) is 24.2 Å². The zero-order valence-electron chi connectivity index (χ0n) is 18.7. The molecular formula is C21H24BrF2N5O6S. The minimum Gasteiger partial charge on any atom is -0.471 e. The van der Waals surface area contributed by atoms with Crippen LogP contribution in [0.1, 0.15) is 41.6 Å². The maximum atomic E-state index is 14.0. The number of aromatic nitrogens is 1. The van der Waals surface area contributed by atoms with Gasteiger partial charge in [-0.1, -0.05) is 15.9 Å². The van der Waals surface area contributed by atoms with Crippen molar-refractivity contribution in [2.75, 3.05) is 11.9 Å². The second-order valence-electron chi connectivity index (χ2n) is 8.12. The van der Waals surface area contributed by atoms with Gasteiger partial charge >= 0.3 is 6.03 Å². The van der Waals surface area contributed by atoms with E-state index in [1.54, 1.807) is 0 Å². The molecule has 196 valence electrons. The van der Waals surface area contributed by atoms with Crippen LogP contribution in [-0.2, 0) is 11.4 Å². The Morgan fingerprint density at radius 2 is 1.89 bits per heavy atom. The number of anilines is 1. The average Bonchev–Trinajstić information content (AvgIpc) is 3.48. The summed E-state index contributed by atoms with van der Waals surface area (Å²) in [5, 5.41) is 27.3. The fourth-order valence-corrected chi connectivity index (χ4v) is 4.23. The molecule has 3 rings (SSSR count). The van der Waals surface area contributed by atoms with Crippen LogP contribution in [0.2, 0.25) is 0 Å². The zero-order valence-corrected chi connectivity index (χ0v) is 21.1. The van der Waals surface area contributed by atoms with E-state index in [1.807, 2.05) is 0 Å². The number of hydrogen-bond donors (Lipinski definition) is 6. The summed E-state index contributed by atoms with van der Waals surface area (Å²) in [6, 6.07) is 1.43. The van der Waals surface area contributed by atoms with Gasteiger partial charge < -0.3 is 31.3 Å². The first kappa shape index (κ1) is 27.7. The van der Waals surface area contributed by atoms with Gasteiger partial charge in [0.25, 0.3) is 5.91 Å². The highest BCUT2D eigenvalue weighted by atomic mass is 79.9. The van der Waals surface area contributed by atoms with Crippen molar-refractivity contribution < 1.29 is 38.1 Å². The minimum atomic E-state index is -1.15. The number of carbonyl (C=O) groups excluding carboxylic acids is 3. The lowest BCUT2D eigenvalue weighted by Gasteiger charge is -2.16. The quantitative estimate of drug-likeness (QED) is 0.218. The SMILES string of the molecule is NC(=O)c1c(OCc2c(F)cc(Br)cc2F)nsc1NC(=O)NC[C@@H](O)C[C@@H](O)CC(=O)NC1CC1. The maximum Gasteiger partial charge on any atom is 0.320 e. The number of urea groups is 1. The number of nitrogens with two attached hydrogens (primary N) is 1. The molecule has 11 nitrogen and oxygen atoms in total. The third-order valence-electron chi connectivity index (χ3n) is 5.00. The highest BCUT2D eigenvalue weighted by Crippen LogP contribution is 2.31. The number of aliphatic hydroxyl groups is 2. The van der Waals surface area contributed by atoms with Crippen molar-refractivity contribution in [3.8, 4) is 5.88 Å². The third-order valence-corrected chi connectivity index (χ3v) is 6.20. The van der Waals surface area contributed by atoms with Crippen LogP contribution in [-0.4, -0.2) is 57.2 Å². The average molecular weight is 592 g/mol. The number of primary amides is 1. The number of nitrogens with one attached hydrogen (secondary N) is 3. The predicted molar refractivity (Wildman–Crippen MR) is 128 cm³/mol. The van der Waals surface area contributed by atoms with E-state index in [-0.39, 0.29) is 52.3 Å². The number of aliphatic hydroxyl groups excluding tert-OH is 2. The topological polar surface area (TPSA) is 176 Å². The summed E-state index contributed by atoms with van der Waals surface area (Å²) in [6.07, 6.45) is -0.725. The molecular weight excluding hydrogens is 568 g/mol. The van der Waals surface area contributed by atoms with E-state index >= 15 is 0 Å². The number of rotatable bonds is 12. The number of carbonyl (C=O) groups is 3. The van der Waals surface area contributed by atoms with Gasteiger partial charge in [-0.2, -0.15) is 4.37 Å². The molecule has 1 aromatic carbocycles. The molecule has 15 heteroatoms. The smallest absolute Gasteiger partial charge is 0.320 e. The molecule has 0 unspecified atom stereocenters. The Bertz CT molecular complexity index is 1110. The molecule has 1 heterocycles. The third kappa shape index (κ3) is 8.08. The lowest BCUT2D eigenvalue weighted by Crippen LogP contribution is -2.37. The van der Waals surface area contributed by atoms with E-state index in [4.69, 9.17) is 10.5 Å². The summed E-state index contributed by atoms with van der Waals surface area (Å²) < 4.78 is 37.4. The van der Waals surface area contributed by atoms with Crippen LogP contribution in [0.15, 0.2) is 16.6 Å². The van der Waals surface area contributed by atoms with Crippen molar-refractivity contribution in [3.05, 3.63) is 39.4 Å². The lowest BCUT2D eigenvalue weighted by molar-refractivity contribution is -0.123. The van der Waals surface area contributed by atoms with Crippen LogP contribution in [0.3, 0.4) is 0 Å². The van der Waals surface area contributed by atoms with Crippen molar-refractivity contribution in [1.29, 1.82) is 0 Å². The Labute approximate surface area is 216 Å². The number of benzene rings is 1. The van der Waals surface area contributed by atoms with Crippen molar-refractivity contribution >= 4 is 50.3 Å². The van der Waals surface area contributed by atoms with E-state index in [9.17, 15) is 33.4 Å². The molecule has 2 aromatic rings. The summed E-state index contributed by atoms with van der Waals surface area (Å²) in [5.41, 5.74) is 4.66. The Morgan fingerprint density at radius 3 is 2.50 bits per heavy atom. The lowest BCUT2D eigenvalue weighted by atomic mass is 10.1. The van der Waals surface area contributed by atoms with Crippen LogP contribution in [0.4, 0.5) is 18.6 Å². The normalized spacial score (nSPS) is 14.6. The van der Waals surface area contributed by atoms with Gasteiger partial charge in [-0.25, -0.2) is 13.6 Å². The van der Waals surface area contributed by atoms with Crippen LogP contribution in [0, 0.1) is 11.6 Å². The standard InChI is InChI=1S/C21H24BrF2N5O6S/c22-9-3-14(23)13(15(24)4-9)8-35-19-17(18(25)33)20(36-29-19)28-21(34)26-7-12(31)5-11(30)6-16(32)27-10-1-2-10/h3-4,10-12,30-31H,1-2,5-8H2,(H2,25,33)(H,27,32)(H2,26,28,34)/t11-,12+/m1/s1. The number of halogens is 3. The Morgan fingerprint density at radius 1 is 1.22 bits per heavy atom. The first-order valence-corrected chi connectivity index (χ1v) is 12.4. The molecule has 0 bridgehead atoms. The van der Waals surface area contributed by atoms with E-state index in [0.717, 1.165) is 25.0 Å². The molecule has 1 saturated carbocycles. The van der Waals surface area contributed by atoms with Gasteiger partial charge in [-0.05, 0) is 36.5 Å². The van der Waals surface area contributed by atoms with Crippen LogP contribution in [0.25, 0.3) is 0 Å².